The third-order valence-corrected chi connectivity index (χ3v) is 3.32. The molecule has 0 radical (unpaired) electrons. The Morgan fingerprint density at radius 1 is 1.41 bits per heavy atom. The first kappa shape index (κ1) is 10.7. The number of benzene rings is 1. The van der Waals surface area contributed by atoms with Gasteiger partial charge in [0, 0.05) is 12.6 Å². The van der Waals surface area contributed by atoms with Crippen molar-refractivity contribution in [1.29, 1.82) is 0 Å². The van der Waals surface area contributed by atoms with Crippen LogP contribution in [0.5, 0.6) is 5.75 Å². The molecule has 1 aromatic heterocycles. The van der Waals surface area contributed by atoms with E-state index >= 15 is 0 Å². The summed E-state index contributed by atoms with van der Waals surface area (Å²) < 4.78 is 7.95. The minimum Gasteiger partial charge on any atom is -0.488 e. The van der Waals surface area contributed by atoms with Crippen LogP contribution in [0, 0.1) is 0 Å². The lowest BCUT2D eigenvalue weighted by molar-refractivity contribution is 0.208. The molecule has 1 aliphatic heterocycles. The summed E-state index contributed by atoms with van der Waals surface area (Å²) in [5.74, 6) is 1.49. The number of ether oxygens (including phenoxy) is 1. The smallest absolute Gasteiger partial charge is 0.123 e. The maximum atomic E-state index is 5.89. The van der Waals surface area contributed by atoms with Crippen molar-refractivity contribution in [2.75, 3.05) is 0 Å². The molecule has 17 heavy (non-hydrogen) atoms. The Balaban J connectivity index is 1.74. The summed E-state index contributed by atoms with van der Waals surface area (Å²) in [6, 6.07) is 8.19. The molecule has 2 heterocycles. The van der Waals surface area contributed by atoms with Crippen LogP contribution in [0.2, 0.25) is 0 Å². The van der Waals surface area contributed by atoms with Gasteiger partial charge in [-0.15, -0.1) is 11.6 Å². The van der Waals surface area contributed by atoms with E-state index in [9.17, 15) is 0 Å². The van der Waals surface area contributed by atoms with Crippen LogP contribution in [0.3, 0.4) is 0 Å². The molecular formula is C13H13ClN2O. The number of nitrogens with zero attached hydrogens (tertiary/aromatic N) is 2. The summed E-state index contributed by atoms with van der Waals surface area (Å²) in [6.07, 6.45) is 4.75. The van der Waals surface area contributed by atoms with Crippen LogP contribution < -0.4 is 4.74 Å². The van der Waals surface area contributed by atoms with Crippen molar-refractivity contribution in [3.63, 3.8) is 0 Å². The van der Waals surface area contributed by atoms with Crippen molar-refractivity contribution in [3.05, 3.63) is 48.0 Å². The topological polar surface area (TPSA) is 27.1 Å². The highest BCUT2D eigenvalue weighted by atomic mass is 35.5. The third-order valence-electron chi connectivity index (χ3n) is 3.05. The number of hydrogen-bond acceptors (Lipinski definition) is 2. The van der Waals surface area contributed by atoms with Gasteiger partial charge >= 0.3 is 0 Å². The number of hydrogen-bond donors (Lipinski definition) is 0. The maximum absolute atomic E-state index is 5.89. The lowest BCUT2D eigenvalue weighted by atomic mass is 10.1. The Morgan fingerprint density at radius 3 is 3.12 bits per heavy atom. The van der Waals surface area contributed by atoms with E-state index in [1.54, 1.807) is 6.20 Å². The van der Waals surface area contributed by atoms with Gasteiger partial charge in [0.15, 0.2) is 0 Å². The van der Waals surface area contributed by atoms with Crippen LogP contribution in [-0.2, 0) is 18.8 Å². The second-order valence-corrected chi connectivity index (χ2v) is 4.49. The van der Waals surface area contributed by atoms with E-state index < -0.39 is 0 Å². The van der Waals surface area contributed by atoms with Gasteiger partial charge < -0.3 is 9.30 Å². The summed E-state index contributed by atoms with van der Waals surface area (Å²) in [5.41, 5.74) is 2.32. The predicted molar refractivity (Wildman–Crippen MR) is 66.3 cm³/mol. The number of fused-ring (bicyclic) bond motifs is 1. The molecule has 0 N–H and O–H groups in total. The van der Waals surface area contributed by atoms with E-state index in [0.29, 0.717) is 5.88 Å². The first-order valence-electron chi connectivity index (χ1n) is 5.66. The molecule has 0 spiro atoms. The highest BCUT2D eigenvalue weighted by Gasteiger charge is 2.22. The Labute approximate surface area is 105 Å². The monoisotopic (exact) mass is 248 g/mol. The zero-order chi connectivity index (χ0) is 11.7. The number of imidazole rings is 1. The minimum atomic E-state index is 0.184. The van der Waals surface area contributed by atoms with E-state index in [2.05, 4.69) is 15.6 Å². The molecule has 0 fully saturated rings. The van der Waals surface area contributed by atoms with Gasteiger partial charge in [0.25, 0.3) is 0 Å². The average molecular weight is 249 g/mol. The molecule has 3 rings (SSSR count). The molecule has 88 valence electrons. The quantitative estimate of drug-likeness (QED) is 0.781. The molecule has 0 aliphatic carbocycles. The van der Waals surface area contributed by atoms with Crippen LogP contribution >= 0.6 is 11.6 Å². The van der Waals surface area contributed by atoms with E-state index in [1.807, 2.05) is 24.5 Å². The number of alkyl halides is 1. The Kier molecular flexibility index (Phi) is 2.77. The number of halogens is 1. The van der Waals surface area contributed by atoms with Gasteiger partial charge in [-0.1, -0.05) is 18.2 Å². The first-order valence-corrected chi connectivity index (χ1v) is 6.20. The molecule has 1 aliphatic rings. The molecule has 1 atom stereocenters. The van der Waals surface area contributed by atoms with Gasteiger partial charge in [-0.2, -0.15) is 0 Å². The number of aromatic nitrogens is 2. The molecule has 1 unspecified atom stereocenters. The van der Waals surface area contributed by atoms with E-state index in [4.69, 9.17) is 16.3 Å². The van der Waals surface area contributed by atoms with Crippen molar-refractivity contribution >= 4 is 11.6 Å². The second-order valence-electron chi connectivity index (χ2n) is 4.22. The molecule has 0 amide bonds. The minimum absolute atomic E-state index is 0.184. The normalized spacial score (nSPS) is 17.8. The first-order chi connectivity index (χ1) is 8.36. The summed E-state index contributed by atoms with van der Waals surface area (Å²) in [4.78, 5) is 4.11. The van der Waals surface area contributed by atoms with Crippen molar-refractivity contribution in [2.24, 2.45) is 0 Å². The van der Waals surface area contributed by atoms with Gasteiger partial charge in [-0.25, -0.2) is 4.98 Å². The van der Waals surface area contributed by atoms with E-state index in [0.717, 1.165) is 24.4 Å². The molecule has 1 aromatic carbocycles. The maximum Gasteiger partial charge on any atom is 0.123 e. The standard InChI is InChI=1S/C13H13ClN2O/c14-6-11-7-15-9-16(11)8-12-5-10-3-1-2-4-13(10)17-12/h1-4,7,9,12H,5-6,8H2. The van der Waals surface area contributed by atoms with E-state index in [1.165, 1.54) is 5.56 Å². The Hall–Kier alpha value is -1.48. The molecule has 0 saturated carbocycles. The lowest BCUT2D eigenvalue weighted by Crippen LogP contribution is -2.21. The molecule has 4 heteroatoms. The number of para-hydroxylation sites is 1. The third kappa shape index (κ3) is 2.03. The molecule has 0 saturated heterocycles. The molecule has 0 bridgehead atoms. The summed E-state index contributed by atoms with van der Waals surface area (Å²) in [7, 11) is 0. The van der Waals surface area contributed by atoms with Crippen molar-refractivity contribution in [1.82, 2.24) is 9.55 Å². The summed E-state index contributed by atoms with van der Waals surface area (Å²) >= 11 is 5.85. The van der Waals surface area contributed by atoms with Gasteiger partial charge in [0.05, 0.1) is 24.4 Å². The highest BCUT2D eigenvalue weighted by molar-refractivity contribution is 6.16. The molecular weight excluding hydrogens is 236 g/mol. The zero-order valence-corrected chi connectivity index (χ0v) is 10.1. The van der Waals surface area contributed by atoms with Crippen molar-refractivity contribution in [2.45, 2.75) is 24.9 Å². The zero-order valence-electron chi connectivity index (χ0n) is 9.34. The predicted octanol–water partition coefficient (Wildman–Crippen LogP) is 2.63. The van der Waals surface area contributed by atoms with Gasteiger partial charge in [-0.3, -0.25) is 0 Å². The highest BCUT2D eigenvalue weighted by Crippen LogP contribution is 2.28. The van der Waals surface area contributed by atoms with Gasteiger partial charge in [0.2, 0.25) is 0 Å². The number of rotatable bonds is 3. The fraction of sp³-hybridized carbons (Fsp3) is 0.308. The summed E-state index contributed by atoms with van der Waals surface area (Å²) in [5, 5.41) is 0. The lowest BCUT2D eigenvalue weighted by Gasteiger charge is -2.13. The van der Waals surface area contributed by atoms with Crippen LogP contribution in [-0.4, -0.2) is 15.7 Å². The van der Waals surface area contributed by atoms with Crippen LogP contribution in [0.1, 0.15) is 11.3 Å². The van der Waals surface area contributed by atoms with Crippen molar-refractivity contribution in [3.8, 4) is 5.75 Å². The summed E-state index contributed by atoms with van der Waals surface area (Å²) in [6.45, 7) is 0.802. The van der Waals surface area contributed by atoms with Crippen molar-refractivity contribution < 1.29 is 4.74 Å². The Morgan fingerprint density at radius 2 is 2.29 bits per heavy atom. The fourth-order valence-electron chi connectivity index (χ4n) is 2.20. The SMILES string of the molecule is ClCc1cncn1CC1Cc2ccccc2O1. The second kappa shape index (κ2) is 4.41. The molecule has 3 nitrogen and oxygen atoms in total. The van der Waals surface area contributed by atoms with Gasteiger partial charge in [-0.05, 0) is 11.6 Å². The van der Waals surface area contributed by atoms with Crippen LogP contribution in [0.15, 0.2) is 36.8 Å². The fourth-order valence-corrected chi connectivity index (χ4v) is 2.42. The van der Waals surface area contributed by atoms with Crippen LogP contribution in [0.25, 0.3) is 0 Å². The largest absolute Gasteiger partial charge is 0.488 e. The van der Waals surface area contributed by atoms with Gasteiger partial charge in [0.1, 0.15) is 11.9 Å². The molecule has 2 aromatic rings. The Bertz CT molecular complexity index is 499. The van der Waals surface area contributed by atoms with Crippen LogP contribution in [0.4, 0.5) is 0 Å². The van der Waals surface area contributed by atoms with E-state index in [-0.39, 0.29) is 6.10 Å². The average Bonchev–Trinajstić information content (AvgIpc) is 2.94.